The minimum absolute atomic E-state index is 0.00639. The van der Waals surface area contributed by atoms with Gasteiger partial charge in [-0.25, -0.2) is 4.63 Å². The van der Waals surface area contributed by atoms with Crippen molar-refractivity contribution in [2.45, 2.75) is 6.10 Å². The lowest BCUT2D eigenvalue weighted by atomic mass is 10.1. The van der Waals surface area contributed by atoms with E-state index < -0.39 is 6.10 Å². The molecule has 2 heterocycles. The molecule has 1 aromatic rings. The van der Waals surface area contributed by atoms with Crippen LogP contribution < -0.4 is 5.73 Å². The maximum absolute atomic E-state index is 11.4. The summed E-state index contributed by atoms with van der Waals surface area (Å²) in [6.45, 7) is 0.621. The van der Waals surface area contributed by atoms with E-state index in [4.69, 9.17) is 10.8 Å². The van der Waals surface area contributed by atoms with Crippen molar-refractivity contribution in [3.8, 4) is 0 Å². The number of carbonyl (C=O) groups is 1. The number of amides is 1. The monoisotopic (exact) mass is 184 g/mol. The molecule has 3 N–H and O–H groups in total. The summed E-state index contributed by atoms with van der Waals surface area (Å²) in [4.78, 5) is 12.8. The smallest absolute Gasteiger partial charge is 0.280 e. The van der Waals surface area contributed by atoms with E-state index >= 15 is 0 Å². The summed E-state index contributed by atoms with van der Waals surface area (Å²) in [6, 6.07) is 0. The molecule has 0 bridgehead atoms. The molecule has 0 atom stereocenters. The van der Waals surface area contributed by atoms with Crippen LogP contribution in [0.1, 0.15) is 10.5 Å². The van der Waals surface area contributed by atoms with Gasteiger partial charge in [-0.1, -0.05) is 0 Å². The Morgan fingerprint density at radius 3 is 2.77 bits per heavy atom. The molecule has 1 aliphatic rings. The number of aromatic nitrogens is 2. The van der Waals surface area contributed by atoms with Crippen molar-refractivity contribution in [2.24, 2.45) is 0 Å². The molecule has 1 amide bonds. The Morgan fingerprint density at radius 2 is 2.31 bits per heavy atom. The van der Waals surface area contributed by atoms with E-state index in [9.17, 15) is 4.79 Å². The van der Waals surface area contributed by atoms with Crippen LogP contribution in [0.3, 0.4) is 0 Å². The van der Waals surface area contributed by atoms with Gasteiger partial charge in [-0.15, -0.1) is 0 Å². The van der Waals surface area contributed by atoms with Crippen molar-refractivity contribution in [1.82, 2.24) is 15.2 Å². The maximum atomic E-state index is 11.4. The molecule has 0 saturated carbocycles. The van der Waals surface area contributed by atoms with Gasteiger partial charge in [0, 0.05) is 13.1 Å². The first-order chi connectivity index (χ1) is 6.18. The van der Waals surface area contributed by atoms with E-state index in [2.05, 4.69) is 14.9 Å². The van der Waals surface area contributed by atoms with Crippen molar-refractivity contribution in [2.75, 3.05) is 18.8 Å². The highest BCUT2D eigenvalue weighted by Crippen LogP contribution is 2.14. The normalized spacial score (nSPS) is 17.2. The summed E-state index contributed by atoms with van der Waals surface area (Å²) < 4.78 is 4.28. The van der Waals surface area contributed by atoms with Gasteiger partial charge < -0.3 is 15.7 Å². The molecule has 1 saturated heterocycles. The number of hydrogen-bond donors (Lipinski definition) is 2. The largest absolute Gasteiger partial charge is 0.389 e. The predicted molar refractivity (Wildman–Crippen MR) is 40.6 cm³/mol. The summed E-state index contributed by atoms with van der Waals surface area (Å²) in [6.07, 6.45) is -0.440. The molecule has 2 rings (SSSR count). The number of rotatable bonds is 1. The number of aliphatic hydroxyl groups is 1. The van der Waals surface area contributed by atoms with Crippen molar-refractivity contribution in [3.05, 3.63) is 5.69 Å². The Morgan fingerprint density at radius 1 is 1.62 bits per heavy atom. The van der Waals surface area contributed by atoms with Crippen LogP contribution in [0.4, 0.5) is 5.82 Å². The molecule has 13 heavy (non-hydrogen) atoms. The topological polar surface area (TPSA) is 105 Å². The second kappa shape index (κ2) is 2.70. The maximum Gasteiger partial charge on any atom is 0.280 e. The van der Waals surface area contributed by atoms with Crippen molar-refractivity contribution < 1.29 is 14.5 Å². The van der Waals surface area contributed by atoms with Crippen LogP contribution in [0.25, 0.3) is 0 Å². The fourth-order valence-electron chi connectivity index (χ4n) is 1.11. The first kappa shape index (κ1) is 7.99. The molecule has 1 fully saturated rings. The number of anilines is 1. The molecule has 0 radical (unpaired) electrons. The average Bonchev–Trinajstić information content (AvgIpc) is 2.44. The average molecular weight is 184 g/mol. The van der Waals surface area contributed by atoms with E-state index in [1.54, 1.807) is 0 Å². The Balaban J connectivity index is 2.10. The molecule has 7 nitrogen and oxygen atoms in total. The third-order valence-corrected chi connectivity index (χ3v) is 1.87. The van der Waals surface area contributed by atoms with Gasteiger partial charge in [-0.05, 0) is 10.3 Å². The Kier molecular flexibility index (Phi) is 1.66. The summed E-state index contributed by atoms with van der Waals surface area (Å²) >= 11 is 0. The molecule has 70 valence electrons. The Hall–Kier alpha value is -1.63. The minimum atomic E-state index is -0.440. The molecule has 0 spiro atoms. The molecule has 1 aromatic heterocycles. The van der Waals surface area contributed by atoms with Crippen LogP contribution in [0.2, 0.25) is 0 Å². The SMILES string of the molecule is Nc1nonc1C(=O)N1CC(O)C1. The number of carbonyl (C=O) groups excluding carboxylic acids is 1. The fourth-order valence-corrected chi connectivity index (χ4v) is 1.11. The van der Waals surface area contributed by atoms with E-state index in [1.165, 1.54) is 4.90 Å². The predicted octanol–water partition coefficient (Wildman–Crippen LogP) is -1.53. The fraction of sp³-hybridized carbons (Fsp3) is 0.500. The summed E-state index contributed by atoms with van der Waals surface area (Å²) in [5.74, 6) is -0.379. The zero-order valence-electron chi connectivity index (χ0n) is 6.67. The number of nitrogens with zero attached hydrogens (tertiary/aromatic N) is 3. The number of hydrogen-bond acceptors (Lipinski definition) is 6. The highest BCUT2D eigenvalue weighted by molar-refractivity contribution is 5.96. The van der Waals surface area contributed by atoms with Gasteiger partial charge >= 0.3 is 0 Å². The van der Waals surface area contributed by atoms with E-state index in [0.29, 0.717) is 13.1 Å². The van der Waals surface area contributed by atoms with Crippen LogP contribution >= 0.6 is 0 Å². The summed E-state index contributed by atoms with van der Waals surface area (Å²) in [7, 11) is 0. The van der Waals surface area contributed by atoms with Gasteiger partial charge in [0.15, 0.2) is 0 Å². The third kappa shape index (κ3) is 1.22. The first-order valence-electron chi connectivity index (χ1n) is 3.74. The number of aliphatic hydroxyl groups excluding tert-OH is 1. The van der Waals surface area contributed by atoms with Crippen LogP contribution in [0.15, 0.2) is 4.63 Å². The van der Waals surface area contributed by atoms with Gasteiger partial charge in [0.25, 0.3) is 5.91 Å². The number of nitrogen functional groups attached to an aromatic ring is 1. The lowest BCUT2D eigenvalue weighted by Crippen LogP contribution is -2.53. The second-order valence-electron chi connectivity index (χ2n) is 2.86. The van der Waals surface area contributed by atoms with E-state index in [0.717, 1.165) is 0 Å². The van der Waals surface area contributed by atoms with Crippen molar-refractivity contribution >= 4 is 11.7 Å². The van der Waals surface area contributed by atoms with E-state index in [-0.39, 0.29) is 17.4 Å². The number of likely N-dealkylation sites (tertiary alicyclic amines) is 1. The first-order valence-corrected chi connectivity index (χ1v) is 3.74. The molecule has 0 aromatic carbocycles. The molecule has 0 aliphatic carbocycles. The zero-order valence-corrected chi connectivity index (χ0v) is 6.67. The number of β-amino-alcohol motifs (C(OH)–C–C–N with tert-alkyl or cyclic N) is 1. The van der Waals surface area contributed by atoms with Crippen LogP contribution in [-0.2, 0) is 0 Å². The summed E-state index contributed by atoms with van der Waals surface area (Å²) in [5.41, 5.74) is 5.32. The van der Waals surface area contributed by atoms with Crippen LogP contribution in [-0.4, -0.2) is 45.4 Å². The zero-order chi connectivity index (χ0) is 9.42. The molecule has 0 unspecified atom stereocenters. The lowest BCUT2D eigenvalue weighted by molar-refractivity contribution is 0.00528. The molecule has 1 aliphatic heterocycles. The quantitative estimate of drug-likeness (QED) is 0.548. The Labute approximate surface area is 73.1 Å². The third-order valence-electron chi connectivity index (χ3n) is 1.87. The van der Waals surface area contributed by atoms with Gasteiger partial charge in [-0.3, -0.25) is 4.79 Å². The van der Waals surface area contributed by atoms with Crippen molar-refractivity contribution in [3.63, 3.8) is 0 Å². The van der Waals surface area contributed by atoms with Gasteiger partial charge in [0.1, 0.15) is 0 Å². The highest BCUT2D eigenvalue weighted by atomic mass is 16.6. The van der Waals surface area contributed by atoms with Gasteiger partial charge in [-0.2, -0.15) is 0 Å². The summed E-state index contributed by atoms with van der Waals surface area (Å²) in [5, 5.41) is 15.6. The second-order valence-corrected chi connectivity index (χ2v) is 2.86. The minimum Gasteiger partial charge on any atom is -0.389 e. The highest BCUT2D eigenvalue weighted by Gasteiger charge is 2.32. The van der Waals surface area contributed by atoms with Gasteiger partial charge in [0.05, 0.1) is 6.10 Å². The molecule has 7 heteroatoms. The van der Waals surface area contributed by atoms with Crippen LogP contribution in [0.5, 0.6) is 0 Å². The van der Waals surface area contributed by atoms with Crippen molar-refractivity contribution in [1.29, 1.82) is 0 Å². The van der Waals surface area contributed by atoms with Gasteiger partial charge in [0.2, 0.25) is 11.5 Å². The molecular formula is C6H8N4O3. The Bertz CT molecular complexity index is 330. The number of nitrogens with two attached hydrogens (primary N) is 1. The molecular weight excluding hydrogens is 176 g/mol. The standard InChI is InChI=1S/C6H8N4O3/c7-5-4(8-13-9-5)6(12)10-1-3(11)2-10/h3,11H,1-2H2,(H2,7,9). The lowest BCUT2D eigenvalue weighted by Gasteiger charge is -2.35. The van der Waals surface area contributed by atoms with Crippen LogP contribution in [0, 0.1) is 0 Å². The van der Waals surface area contributed by atoms with E-state index in [1.807, 2.05) is 0 Å².